The quantitative estimate of drug-likeness (QED) is 0.851. The molecule has 5 nitrogen and oxygen atoms in total. The number of halogens is 1. The predicted octanol–water partition coefficient (Wildman–Crippen LogP) is 1.80. The summed E-state index contributed by atoms with van der Waals surface area (Å²) in [4.78, 5) is 17.4. The Morgan fingerprint density at radius 1 is 1.08 bits per heavy atom. The molecule has 0 spiro atoms. The van der Waals surface area contributed by atoms with Crippen molar-refractivity contribution in [2.45, 2.75) is 25.3 Å². The molecule has 2 heterocycles. The lowest BCUT2D eigenvalue weighted by atomic mass is 10.0. The van der Waals surface area contributed by atoms with Crippen molar-refractivity contribution in [1.29, 1.82) is 0 Å². The van der Waals surface area contributed by atoms with E-state index in [4.69, 9.17) is 4.74 Å². The topological polar surface area (TPSA) is 44.8 Å². The van der Waals surface area contributed by atoms with E-state index in [1.54, 1.807) is 12.1 Å². The highest BCUT2D eigenvalue weighted by molar-refractivity contribution is 5.83. The molecule has 1 aromatic rings. The first-order valence-electron chi connectivity index (χ1n) is 9.31. The summed E-state index contributed by atoms with van der Waals surface area (Å²) in [7, 11) is 0. The molecular weight excluding hydrogens is 321 g/mol. The summed E-state index contributed by atoms with van der Waals surface area (Å²) in [6.45, 7) is 6.67. The normalized spacial score (nSPS) is 21.0. The van der Waals surface area contributed by atoms with Crippen LogP contribution in [0.3, 0.4) is 0 Å². The number of carbonyl (C=O) groups is 1. The lowest BCUT2D eigenvalue weighted by molar-refractivity contribution is -0.127. The standard InChI is InChI=1S/C19H28FN3O2/c20-17-6-4-16(5-7-17)18(23-9-2-1-3-10-23)19(24)21-8-11-22-12-14-25-15-13-22/h4-7,18H,1-3,8-15H2,(H,21,24)/t18-/m1/s1. The first-order chi connectivity index (χ1) is 12.2. The molecule has 2 aliphatic rings. The van der Waals surface area contributed by atoms with Gasteiger partial charge in [0.15, 0.2) is 0 Å². The van der Waals surface area contributed by atoms with E-state index in [1.807, 2.05) is 0 Å². The Morgan fingerprint density at radius 2 is 1.76 bits per heavy atom. The number of amides is 1. The van der Waals surface area contributed by atoms with Gasteiger partial charge in [0.05, 0.1) is 13.2 Å². The van der Waals surface area contributed by atoms with Gasteiger partial charge in [-0.1, -0.05) is 18.6 Å². The summed E-state index contributed by atoms with van der Waals surface area (Å²) in [5.74, 6) is -0.254. The maximum Gasteiger partial charge on any atom is 0.242 e. The molecule has 2 saturated heterocycles. The van der Waals surface area contributed by atoms with E-state index < -0.39 is 0 Å². The van der Waals surface area contributed by atoms with E-state index in [1.165, 1.54) is 18.6 Å². The molecule has 6 heteroatoms. The molecule has 1 amide bonds. The maximum atomic E-state index is 13.3. The molecule has 1 atom stereocenters. The van der Waals surface area contributed by atoms with Gasteiger partial charge in [-0.25, -0.2) is 4.39 Å². The van der Waals surface area contributed by atoms with Crippen LogP contribution in [0.15, 0.2) is 24.3 Å². The molecule has 1 aromatic carbocycles. The summed E-state index contributed by atoms with van der Waals surface area (Å²) in [6, 6.07) is 6.01. The van der Waals surface area contributed by atoms with E-state index in [0.717, 1.165) is 64.3 Å². The van der Waals surface area contributed by atoms with Crippen molar-refractivity contribution < 1.29 is 13.9 Å². The fourth-order valence-electron chi connectivity index (χ4n) is 3.61. The second-order valence-electron chi connectivity index (χ2n) is 6.80. The number of piperidine rings is 1. The van der Waals surface area contributed by atoms with Gasteiger partial charge in [-0.05, 0) is 43.6 Å². The Hall–Kier alpha value is -1.50. The number of likely N-dealkylation sites (tertiary alicyclic amines) is 1. The third kappa shape index (κ3) is 5.23. The van der Waals surface area contributed by atoms with Crippen LogP contribution in [-0.2, 0) is 9.53 Å². The Kier molecular flexibility index (Phi) is 6.78. The SMILES string of the molecule is O=C(NCCN1CCOCC1)[C@@H](c1ccc(F)cc1)N1CCCCC1. The van der Waals surface area contributed by atoms with Crippen molar-refractivity contribution in [3.8, 4) is 0 Å². The van der Waals surface area contributed by atoms with E-state index in [9.17, 15) is 9.18 Å². The van der Waals surface area contributed by atoms with Gasteiger partial charge in [-0.2, -0.15) is 0 Å². The number of ether oxygens (including phenoxy) is 1. The fourth-order valence-corrected chi connectivity index (χ4v) is 3.61. The minimum Gasteiger partial charge on any atom is -0.379 e. The molecule has 0 radical (unpaired) electrons. The number of hydrogen-bond acceptors (Lipinski definition) is 4. The molecule has 0 bridgehead atoms. The Balaban J connectivity index is 1.61. The molecule has 1 N–H and O–H groups in total. The molecule has 0 aromatic heterocycles. The number of carbonyl (C=O) groups excluding carboxylic acids is 1. The van der Waals surface area contributed by atoms with E-state index in [-0.39, 0.29) is 17.8 Å². The zero-order valence-electron chi connectivity index (χ0n) is 14.8. The van der Waals surface area contributed by atoms with Gasteiger partial charge in [0.1, 0.15) is 11.9 Å². The summed E-state index contributed by atoms with van der Waals surface area (Å²) in [6.07, 6.45) is 3.43. The second-order valence-corrected chi connectivity index (χ2v) is 6.80. The number of nitrogens with one attached hydrogen (secondary N) is 1. The lowest BCUT2D eigenvalue weighted by Crippen LogP contribution is -2.46. The number of morpholine rings is 1. The highest BCUT2D eigenvalue weighted by Crippen LogP contribution is 2.25. The van der Waals surface area contributed by atoms with Gasteiger partial charge in [-0.3, -0.25) is 14.6 Å². The van der Waals surface area contributed by atoms with Crippen LogP contribution < -0.4 is 5.32 Å². The highest BCUT2D eigenvalue weighted by Gasteiger charge is 2.28. The number of hydrogen-bond donors (Lipinski definition) is 1. The Morgan fingerprint density at radius 3 is 2.44 bits per heavy atom. The summed E-state index contributed by atoms with van der Waals surface area (Å²) in [5, 5.41) is 3.08. The van der Waals surface area contributed by atoms with E-state index >= 15 is 0 Å². The molecule has 138 valence electrons. The van der Waals surface area contributed by atoms with Crippen LogP contribution in [-0.4, -0.2) is 68.2 Å². The zero-order chi connectivity index (χ0) is 17.5. The van der Waals surface area contributed by atoms with Gasteiger partial charge in [0, 0.05) is 26.2 Å². The van der Waals surface area contributed by atoms with Crippen LogP contribution in [0.2, 0.25) is 0 Å². The zero-order valence-corrected chi connectivity index (χ0v) is 14.8. The molecule has 0 aliphatic carbocycles. The number of nitrogens with zero attached hydrogens (tertiary/aromatic N) is 2. The molecule has 3 rings (SSSR count). The van der Waals surface area contributed by atoms with Crippen molar-refractivity contribution >= 4 is 5.91 Å². The molecule has 2 aliphatic heterocycles. The highest BCUT2D eigenvalue weighted by atomic mass is 19.1. The van der Waals surface area contributed by atoms with Crippen LogP contribution in [0.5, 0.6) is 0 Å². The second kappa shape index (κ2) is 9.27. The molecule has 25 heavy (non-hydrogen) atoms. The van der Waals surface area contributed by atoms with Crippen molar-refractivity contribution in [1.82, 2.24) is 15.1 Å². The minimum absolute atomic E-state index is 0.0155. The minimum atomic E-state index is -0.328. The number of benzene rings is 1. The molecule has 0 unspecified atom stereocenters. The Bertz CT molecular complexity index is 540. The predicted molar refractivity (Wildman–Crippen MR) is 94.8 cm³/mol. The fraction of sp³-hybridized carbons (Fsp3) is 0.632. The molecule has 2 fully saturated rings. The summed E-state index contributed by atoms with van der Waals surface area (Å²) in [5.41, 5.74) is 0.868. The van der Waals surface area contributed by atoms with Crippen molar-refractivity contribution in [3.05, 3.63) is 35.6 Å². The van der Waals surface area contributed by atoms with E-state index in [0.29, 0.717) is 6.54 Å². The van der Waals surface area contributed by atoms with Gasteiger partial charge in [0.2, 0.25) is 5.91 Å². The Labute approximate surface area is 149 Å². The van der Waals surface area contributed by atoms with Gasteiger partial charge >= 0.3 is 0 Å². The van der Waals surface area contributed by atoms with Crippen LogP contribution >= 0.6 is 0 Å². The first kappa shape index (κ1) is 18.3. The van der Waals surface area contributed by atoms with Crippen molar-refractivity contribution in [2.75, 3.05) is 52.5 Å². The van der Waals surface area contributed by atoms with Crippen LogP contribution in [0.1, 0.15) is 30.9 Å². The van der Waals surface area contributed by atoms with Crippen molar-refractivity contribution in [2.24, 2.45) is 0 Å². The molecular formula is C19H28FN3O2. The average molecular weight is 349 g/mol. The van der Waals surface area contributed by atoms with Gasteiger partial charge in [0.25, 0.3) is 0 Å². The smallest absolute Gasteiger partial charge is 0.242 e. The van der Waals surface area contributed by atoms with Crippen LogP contribution in [0, 0.1) is 5.82 Å². The third-order valence-electron chi connectivity index (χ3n) is 5.02. The molecule has 0 saturated carbocycles. The van der Waals surface area contributed by atoms with Gasteiger partial charge < -0.3 is 10.1 Å². The average Bonchev–Trinajstić information content (AvgIpc) is 2.65. The summed E-state index contributed by atoms with van der Waals surface area (Å²) < 4.78 is 18.6. The van der Waals surface area contributed by atoms with Crippen LogP contribution in [0.25, 0.3) is 0 Å². The first-order valence-corrected chi connectivity index (χ1v) is 9.31. The maximum absolute atomic E-state index is 13.3. The number of rotatable bonds is 6. The summed E-state index contributed by atoms with van der Waals surface area (Å²) >= 11 is 0. The monoisotopic (exact) mass is 349 g/mol. The largest absolute Gasteiger partial charge is 0.379 e. The third-order valence-corrected chi connectivity index (χ3v) is 5.02. The lowest BCUT2D eigenvalue weighted by Gasteiger charge is -2.34. The van der Waals surface area contributed by atoms with E-state index in [2.05, 4.69) is 15.1 Å². The van der Waals surface area contributed by atoms with Crippen LogP contribution in [0.4, 0.5) is 4.39 Å². The van der Waals surface area contributed by atoms with Gasteiger partial charge in [-0.15, -0.1) is 0 Å². The van der Waals surface area contributed by atoms with Crippen molar-refractivity contribution in [3.63, 3.8) is 0 Å².